The van der Waals surface area contributed by atoms with E-state index in [0.717, 1.165) is 12.8 Å². The third kappa shape index (κ3) is 3.93. The summed E-state index contributed by atoms with van der Waals surface area (Å²) in [6, 6.07) is -1.51. The summed E-state index contributed by atoms with van der Waals surface area (Å²) in [6.45, 7) is 2.33. The minimum absolute atomic E-state index is 0.197. The Bertz CT molecular complexity index is 328. The number of carbonyl (C=O) groups is 3. The van der Waals surface area contributed by atoms with Crippen LogP contribution in [0.15, 0.2) is 0 Å². The minimum atomic E-state index is -1.26. The zero-order valence-electron chi connectivity index (χ0n) is 9.68. The molecule has 7 nitrogen and oxygen atoms in total. The van der Waals surface area contributed by atoms with Gasteiger partial charge in [-0.25, -0.2) is 9.59 Å². The van der Waals surface area contributed by atoms with E-state index in [9.17, 15) is 14.4 Å². The number of amides is 3. The second kappa shape index (κ2) is 5.51. The molecule has 0 aromatic carbocycles. The Hall–Kier alpha value is -1.79. The number of aliphatic carboxylic acids is 1. The lowest BCUT2D eigenvalue weighted by molar-refractivity contribution is -0.141. The van der Waals surface area contributed by atoms with E-state index in [1.807, 2.05) is 6.92 Å². The molecule has 1 aliphatic rings. The Morgan fingerprint density at radius 3 is 2.41 bits per heavy atom. The van der Waals surface area contributed by atoms with Crippen molar-refractivity contribution in [2.75, 3.05) is 6.54 Å². The maximum atomic E-state index is 11.8. The van der Waals surface area contributed by atoms with Gasteiger partial charge in [0, 0.05) is 12.6 Å². The highest BCUT2D eigenvalue weighted by molar-refractivity contribution is 5.87. The summed E-state index contributed by atoms with van der Waals surface area (Å²) in [6.07, 6.45) is 1.48. The number of nitrogens with one attached hydrogen (secondary N) is 1. The van der Waals surface area contributed by atoms with Gasteiger partial charge < -0.3 is 21.1 Å². The summed E-state index contributed by atoms with van der Waals surface area (Å²) in [5.41, 5.74) is 4.92. The van der Waals surface area contributed by atoms with E-state index < -0.39 is 30.4 Å². The summed E-state index contributed by atoms with van der Waals surface area (Å²) in [4.78, 5) is 34.8. The number of nitrogens with two attached hydrogens (primary N) is 1. The second-order valence-corrected chi connectivity index (χ2v) is 4.03. The van der Waals surface area contributed by atoms with Crippen LogP contribution in [0.3, 0.4) is 0 Å². The Kier molecular flexibility index (Phi) is 4.30. The lowest BCUT2D eigenvalue weighted by Gasteiger charge is -2.23. The maximum Gasteiger partial charge on any atom is 0.326 e. The molecule has 7 heteroatoms. The van der Waals surface area contributed by atoms with Crippen molar-refractivity contribution in [3.05, 3.63) is 0 Å². The third-order valence-corrected chi connectivity index (χ3v) is 2.59. The van der Waals surface area contributed by atoms with E-state index >= 15 is 0 Å². The molecule has 0 aromatic heterocycles. The number of primary amides is 1. The molecule has 1 aliphatic carbocycles. The Labute approximate surface area is 98.9 Å². The molecule has 1 fully saturated rings. The molecule has 17 heavy (non-hydrogen) atoms. The Balaban J connectivity index is 2.55. The van der Waals surface area contributed by atoms with Gasteiger partial charge in [0.05, 0.1) is 6.42 Å². The molecule has 0 heterocycles. The molecule has 0 bridgehead atoms. The van der Waals surface area contributed by atoms with Gasteiger partial charge in [0.1, 0.15) is 6.04 Å². The van der Waals surface area contributed by atoms with Gasteiger partial charge in [-0.15, -0.1) is 0 Å². The molecular weight excluding hydrogens is 226 g/mol. The van der Waals surface area contributed by atoms with Crippen LogP contribution in [0.5, 0.6) is 0 Å². The maximum absolute atomic E-state index is 11.8. The number of hydrogen-bond donors (Lipinski definition) is 3. The summed E-state index contributed by atoms with van der Waals surface area (Å²) in [7, 11) is 0. The number of nitrogens with zero attached hydrogens (tertiary/aromatic N) is 1. The predicted octanol–water partition coefficient (Wildman–Crippen LogP) is -0.491. The van der Waals surface area contributed by atoms with Crippen LogP contribution in [-0.4, -0.2) is 46.5 Å². The van der Waals surface area contributed by atoms with Crippen LogP contribution in [-0.2, 0) is 9.59 Å². The molecule has 0 aromatic rings. The first-order valence-electron chi connectivity index (χ1n) is 5.54. The van der Waals surface area contributed by atoms with E-state index in [2.05, 4.69) is 5.32 Å². The van der Waals surface area contributed by atoms with Crippen LogP contribution >= 0.6 is 0 Å². The van der Waals surface area contributed by atoms with Crippen molar-refractivity contribution < 1.29 is 19.5 Å². The van der Waals surface area contributed by atoms with Crippen molar-refractivity contribution in [1.29, 1.82) is 0 Å². The van der Waals surface area contributed by atoms with Crippen LogP contribution in [0.2, 0.25) is 0 Å². The van der Waals surface area contributed by atoms with Gasteiger partial charge in [-0.3, -0.25) is 4.79 Å². The molecule has 1 atom stereocenters. The first kappa shape index (κ1) is 13.3. The molecule has 0 saturated heterocycles. The Morgan fingerprint density at radius 1 is 1.47 bits per heavy atom. The van der Waals surface area contributed by atoms with Gasteiger partial charge >= 0.3 is 12.0 Å². The lowest BCUT2D eigenvalue weighted by atomic mass is 10.2. The average Bonchev–Trinajstić information content (AvgIpc) is 3.01. The Morgan fingerprint density at radius 2 is 2.06 bits per heavy atom. The quantitative estimate of drug-likeness (QED) is 0.584. The normalized spacial score (nSPS) is 16.1. The fraction of sp³-hybridized carbons (Fsp3) is 0.700. The predicted molar refractivity (Wildman–Crippen MR) is 59.2 cm³/mol. The number of carboxylic acid groups (broad SMARTS) is 1. The zero-order chi connectivity index (χ0) is 13.0. The van der Waals surface area contributed by atoms with Gasteiger partial charge in [-0.2, -0.15) is 0 Å². The molecule has 0 radical (unpaired) electrons. The van der Waals surface area contributed by atoms with E-state index in [1.54, 1.807) is 4.90 Å². The molecule has 0 unspecified atom stereocenters. The fourth-order valence-corrected chi connectivity index (χ4v) is 1.59. The highest BCUT2D eigenvalue weighted by atomic mass is 16.4. The van der Waals surface area contributed by atoms with Crippen LogP contribution in [0.4, 0.5) is 4.79 Å². The van der Waals surface area contributed by atoms with Crippen LogP contribution in [0.25, 0.3) is 0 Å². The smallest absolute Gasteiger partial charge is 0.326 e. The highest BCUT2D eigenvalue weighted by Crippen LogP contribution is 2.26. The second-order valence-electron chi connectivity index (χ2n) is 4.03. The van der Waals surface area contributed by atoms with E-state index in [4.69, 9.17) is 10.8 Å². The van der Waals surface area contributed by atoms with Gasteiger partial charge in [0.15, 0.2) is 0 Å². The van der Waals surface area contributed by atoms with Crippen molar-refractivity contribution in [3.63, 3.8) is 0 Å². The SMILES string of the molecule is CCN(C(=O)N[C@H](CC(N)=O)C(=O)O)C1CC1. The molecule has 4 N–H and O–H groups in total. The summed E-state index contributed by atoms with van der Waals surface area (Å²) in [5, 5.41) is 11.1. The molecular formula is C10H17N3O4. The van der Waals surface area contributed by atoms with Gasteiger partial charge in [-0.05, 0) is 19.8 Å². The minimum Gasteiger partial charge on any atom is -0.480 e. The van der Waals surface area contributed by atoms with Crippen molar-refractivity contribution in [1.82, 2.24) is 10.2 Å². The first-order valence-corrected chi connectivity index (χ1v) is 5.54. The summed E-state index contributed by atoms with van der Waals surface area (Å²) < 4.78 is 0. The van der Waals surface area contributed by atoms with E-state index in [-0.39, 0.29) is 6.04 Å². The fourth-order valence-electron chi connectivity index (χ4n) is 1.59. The number of rotatable bonds is 6. The standard InChI is InChI=1S/C10H17N3O4/c1-2-13(6-3-4-6)10(17)12-7(9(15)16)5-8(11)14/h6-7H,2-5H2,1H3,(H2,11,14)(H,12,17)(H,15,16)/t7-/m1/s1. The van der Waals surface area contributed by atoms with Crippen LogP contribution in [0.1, 0.15) is 26.2 Å². The third-order valence-electron chi connectivity index (χ3n) is 2.59. The average molecular weight is 243 g/mol. The van der Waals surface area contributed by atoms with Gasteiger partial charge in [0.25, 0.3) is 0 Å². The van der Waals surface area contributed by atoms with Gasteiger partial charge in [-0.1, -0.05) is 0 Å². The first-order chi connectivity index (χ1) is 7.95. The topological polar surface area (TPSA) is 113 Å². The molecule has 0 spiro atoms. The number of carboxylic acids is 1. The number of urea groups is 1. The monoisotopic (exact) mass is 243 g/mol. The zero-order valence-corrected chi connectivity index (χ0v) is 9.68. The van der Waals surface area contributed by atoms with Crippen molar-refractivity contribution >= 4 is 17.9 Å². The van der Waals surface area contributed by atoms with Crippen LogP contribution in [0, 0.1) is 0 Å². The lowest BCUT2D eigenvalue weighted by Crippen LogP contribution is -2.49. The van der Waals surface area contributed by atoms with Crippen molar-refractivity contribution in [3.8, 4) is 0 Å². The number of hydrogen-bond acceptors (Lipinski definition) is 3. The summed E-state index contributed by atoms with van der Waals surface area (Å²) >= 11 is 0. The van der Waals surface area contributed by atoms with Gasteiger partial charge in [0.2, 0.25) is 5.91 Å². The highest BCUT2D eigenvalue weighted by Gasteiger charge is 2.33. The molecule has 3 amide bonds. The molecule has 1 rings (SSSR count). The van der Waals surface area contributed by atoms with Crippen LogP contribution < -0.4 is 11.1 Å². The van der Waals surface area contributed by atoms with Crippen molar-refractivity contribution in [2.24, 2.45) is 5.73 Å². The van der Waals surface area contributed by atoms with E-state index in [0.29, 0.717) is 6.54 Å². The summed E-state index contributed by atoms with van der Waals surface area (Å²) in [5.74, 6) is -2.02. The largest absolute Gasteiger partial charge is 0.480 e. The molecule has 0 aliphatic heterocycles. The van der Waals surface area contributed by atoms with Crippen molar-refractivity contribution in [2.45, 2.75) is 38.3 Å². The van der Waals surface area contributed by atoms with E-state index in [1.165, 1.54) is 0 Å². The molecule has 1 saturated carbocycles. The molecule has 96 valence electrons. The number of carbonyl (C=O) groups excluding carboxylic acids is 2.